The van der Waals surface area contributed by atoms with E-state index in [1.165, 1.54) is 0 Å². The minimum Gasteiger partial charge on any atom is -0.292 e. The van der Waals surface area contributed by atoms with E-state index in [1.54, 1.807) is 10.9 Å². The predicted octanol–water partition coefficient (Wildman–Crippen LogP) is 1.37. The zero-order valence-corrected chi connectivity index (χ0v) is 9.76. The average molecular weight is 232 g/mol. The lowest BCUT2D eigenvalue weighted by Crippen LogP contribution is -2.37. The van der Waals surface area contributed by atoms with Gasteiger partial charge in [0.2, 0.25) is 0 Å². The summed E-state index contributed by atoms with van der Waals surface area (Å²) >= 11 is 0. The normalized spacial score (nSPS) is 12.6. The van der Waals surface area contributed by atoms with E-state index in [0.717, 1.165) is 17.3 Å². The van der Waals surface area contributed by atoms with Gasteiger partial charge in [0, 0.05) is 5.39 Å². The first-order valence-electron chi connectivity index (χ1n) is 5.70. The van der Waals surface area contributed by atoms with Crippen LogP contribution >= 0.6 is 0 Å². The number of amides is 1. The molecule has 0 saturated carbocycles. The van der Waals surface area contributed by atoms with Crippen LogP contribution in [0.3, 0.4) is 0 Å². The third-order valence-corrected chi connectivity index (χ3v) is 2.81. The molecule has 3 N–H and O–H groups in total. The van der Waals surface area contributed by atoms with Gasteiger partial charge in [-0.15, -0.1) is 0 Å². The van der Waals surface area contributed by atoms with Crippen molar-refractivity contribution in [2.24, 2.45) is 5.84 Å². The molecule has 0 radical (unpaired) electrons. The molecule has 0 aliphatic rings. The molecule has 90 valence electrons. The molecule has 0 fully saturated rings. The van der Waals surface area contributed by atoms with E-state index in [2.05, 4.69) is 10.5 Å². The molecular weight excluding hydrogens is 216 g/mol. The van der Waals surface area contributed by atoms with Gasteiger partial charge in [0.25, 0.3) is 5.91 Å². The summed E-state index contributed by atoms with van der Waals surface area (Å²) in [7, 11) is 0. The number of carbonyl (C=O) groups excluding carboxylic acids is 1. The first-order chi connectivity index (χ1) is 8.27. The largest absolute Gasteiger partial charge is 0.292 e. The highest BCUT2D eigenvalue weighted by Gasteiger charge is 2.20. The van der Waals surface area contributed by atoms with Gasteiger partial charge in [-0.3, -0.25) is 14.9 Å². The number of hydrazine groups is 1. The average Bonchev–Trinajstić information content (AvgIpc) is 2.79. The van der Waals surface area contributed by atoms with Gasteiger partial charge in [-0.25, -0.2) is 5.84 Å². The number of benzene rings is 1. The van der Waals surface area contributed by atoms with Crippen LogP contribution in [0.25, 0.3) is 10.9 Å². The summed E-state index contributed by atoms with van der Waals surface area (Å²) in [5, 5.41) is 5.31. The van der Waals surface area contributed by atoms with Gasteiger partial charge in [0.05, 0.1) is 11.7 Å². The number of carbonyl (C=O) groups is 1. The molecule has 1 amide bonds. The summed E-state index contributed by atoms with van der Waals surface area (Å²) in [5.74, 6) is 5.01. The van der Waals surface area contributed by atoms with Gasteiger partial charge in [0.1, 0.15) is 6.04 Å². The second kappa shape index (κ2) is 4.97. The van der Waals surface area contributed by atoms with E-state index in [1.807, 2.05) is 31.2 Å². The highest BCUT2D eigenvalue weighted by atomic mass is 16.2. The number of rotatable bonds is 4. The number of para-hydroxylation sites is 1. The van der Waals surface area contributed by atoms with Gasteiger partial charge in [-0.05, 0) is 12.5 Å². The minimum absolute atomic E-state index is 0.208. The molecule has 0 bridgehead atoms. The number of nitrogens with zero attached hydrogens (tertiary/aromatic N) is 2. The molecule has 1 aromatic heterocycles. The third-order valence-electron chi connectivity index (χ3n) is 2.81. The lowest BCUT2D eigenvalue weighted by molar-refractivity contribution is -0.124. The molecule has 2 aromatic rings. The Balaban J connectivity index is 2.45. The zero-order chi connectivity index (χ0) is 12.3. The maximum Gasteiger partial charge on any atom is 0.258 e. The molecule has 1 atom stereocenters. The van der Waals surface area contributed by atoms with E-state index in [9.17, 15) is 4.79 Å². The van der Waals surface area contributed by atoms with Crippen LogP contribution in [0.1, 0.15) is 25.8 Å². The van der Waals surface area contributed by atoms with Crippen LogP contribution in [0.15, 0.2) is 30.5 Å². The van der Waals surface area contributed by atoms with Crippen molar-refractivity contribution in [3.05, 3.63) is 30.5 Å². The number of nitrogens with two attached hydrogens (primary N) is 1. The van der Waals surface area contributed by atoms with Gasteiger partial charge >= 0.3 is 0 Å². The Kier molecular flexibility index (Phi) is 3.39. The second-order valence-electron chi connectivity index (χ2n) is 3.96. The topological polar surface area (TPSA) is 72.9 Å². The number of fused-ring (bicyclic) bond motifs is 1. The fraction of sp³-hybridized carbons (Fsp3) is 0.333. The van der Waals surface area contributed by atoms with Crippen LogP contribution in [0.4, 0.5) is 0 Å². The maximum atomic E-state index is 11.7. The van der Waals surface area contributed by atoms with Crippen LogP contribution < -0.4 is 11.3 Å². The molecule has 0 saturated heterocycles. The molecule has 5 nitrogen and oxygen atoms in total. The monoisotopic (exact) mass is 232 g/mol. The van der Waals surface area contributed by atoms with Crippen molar-refractivity contribution < 1.29 is 4.79 Å². The molecule has 0 spiro atoms. The number of hydrogen-bond acceptors (Lipinski definition) is 3. The summed E-state index contributed by atoms with van der Waals surface area (Å²) in [5.41, 5.74) is 3.16. The van der Waals surface area contributed by atoms with E-state index in [-0.39, 0.29) is 11.9 Å². The highest BCUT2D eigenvalue weighted by molar-refractivity contribution is 5.84. The maximum absolute atomic E-state index is 11.7. The molecule has 1 unspecified atom stereocenters. The fourth-order valence-corrected chi connectivity index (χ4v) is 1.97. The quantitative estimate of drug-likeness (QED) is 0.475. The van der Waals surface area contributed by atoms with Crippen molar-refractivity contribution in [3.8, 4) is 0 Å². The Hall–Kier alpha value is -1.88. The van der Waals surface area contributed by atoms with Crippen LogP contribution in [-0.4, -0.2) is 15.7 Å². The first-order valence-corrected chi connectivity index (χ1v) is 5.70. The lowest BCUT2D eigenvalue weighted by atomic mass is 10.1. The van der Waals surface area contributed by atoms with Crippen molar-refractivity contribution in [2.75, 3.05) is 0 Å². The van der Waals surface area contributed by atoms with E-state index in [0.29, 0.717) is 6.42 Å². The van der Waals surface area contributed by atoms with Crippen molar-refractivity contribution in [3.63, 3.8) is 0 Å². The summed E-state index contributed by atoms with van der Waals surface area (Å²) < 4.78 is 1.74. The fourth-order valence-electron chi connectivity index (χ4n) is 1.97. The predicted molar refractivity (Wildman–Crippen MR) is 66.0 cm³/mol. The SMILES string of the molecule is CCCC(C(=O)NN)n1ncc2ccccc21. The van der Waals surface area contributed by atoms with Gasteiger partial charge in [0.15, 0.2) is 0 Å². The van der Waals surface area contributed by atoms with E-state index in [4.69, 9.17) is 5.84 Å². The summed E-state index contributed by atoms with van der Waals surface area (Å²) in [6, 6.07) is 7.47. The molecule has 0 aliphatic carbocycles. The molecule has 17 heavy (non-hydrogen) atoms. The summed E-state index contributed by atoms with van der Waals surface area (Å²) in [4.78, 5) is 11.7. The Morgan fingerprint density at radius 2 is 2.29 bits per heavy atom. The molecule has 2 rings (SSSR count). The van der Waals surface area contributed by atoms with Crippen LogP contribution in [-0.2, 0) is 4.79 Å². The summed E-state index contributed by atoms with van der Waals surface area (Å²) in [6.45, 7) is 2.03. The molecule has 5 heteroatoms. The van der Waals surface area contributed by atoms with Gasteiger partial charge in [-0.2, -0.15) is 5.10 Å². The summed E-state index contributed by atoms with van der Waals surface area (Å²) in [6.07, 6.45) is 3.38. The van der Waals surface area contributed by atoms with Gasteiger partial charge in [-0.1, -0.05) is 31.5 Å². The highest BCUT2D eigenvalue weighted by Crippen LogP contribution is 2.20. The van der Waals surface area contributed by atoms with Crippen LogP contribution in [0.5, 0.6) is 0 Å². The molecular formula is C12H16N4O. The number of aromatic nitrogens is 2. The second-order valence-corrected chi connectivity index (χ2v) is 3.96. The van der Waals surface area contributed by atoms with E-state index >= 15 is 0 Å². The van der Waals surface area contributed by atoms with Gasteiger partial charge < -0.3 is 0 Å². The Morgan fingerprint density at radius 1 is 1.53 bits per heavy atom. The van der Waals surface area contributed by atoms with Crippen LogP contribution in [0, 0.1) is 0 Å². The van der Waals surface area contributed by atoms with Crippen LogP contribution in [0.2, 0.25) is 0 Å². The van der Waals surface area contributed by atoms with E-state index < -0.39 is 0 Å². The molecule has 1 heterocycles. The smallest absolute Gasteiger partial charge is 0.258 e. The molecule has 1 aromatic carbocycles. The standard InChI is InChI=1S/C12H16N4O/c1-2-5-11(12(17)15-13)16-10-7-4-3-6-9(10)8-14-16/h3-4,6-8,11H,2,5,13H2,1H3,(H,15,17). The Bertz CT molecular complexity index is 520. The van der Waals surface area contributed by atoms with Crippen molar-refractivity contribution in [1.29, 1.82) is 0 Å². The van der Waals surface area contributed by atoms with Crippen molar-refractivity contribution in [1.82, 2.24) is 15.2 Å². The van der Waals surface area contributed by atoms with Crippen molar-refractivity contribution in [2.45, 2.75) is 25.8 Å². The number of hydrogen-bond donors (Lipinski definition) is 2. The molecule has 0 aliphatic heterocycles. The zero-order valence-electron chi connectivity index (χ0n) is 9.76. The Labute approximate surface area is 99.6 Å². The number of nitrogens with one attached hydrogen (secondary N) is 1. The van der Waals surface area contributed by atoms with Crippen molar-refractivity contribution >= 4 is 16.8 Å². The Morgan fingerprint density at radius 3 is 3.00 bits per heavy atom. The lowest BCUT2D eigenvalue weighted by Gasteiger charge is -2.15. The minimum atomic E-state index is -0.343. The third kappa shape index (κ3) is 2.14. The first kappa shape index (κ1) is 11.6.